The highest BCUT2D eigenvalue weighted by Crippen LogP contribution is 2.42. The second kappa shape index (κ2) is 8.30. The summed E-state index contributed by atoms with van der Waals surface area (Å²) in [5.74, 6) is 1.19. The highest BCUT2D eigenvalue weighted by atomic mass is 16.7. The van der Waals surface area contributed by atoms with Crippen LogP contribution >= 0.6 is 0 Å². The predicted octanol–water partition coefficient (Wildman–Crippen LogP) is 1.08. The third-order valence-electron chi connectivity index (χ3n) is 5.62. The van der Waals surface area contributed by atoms with Crippen molar-refractivity contribution in [2.75, 3.05) is 13.4 Å². The Labute approximate surface area is 169 Å². The number of aliphatic hydroxyl groups excluding tert-OH is 4. The lowest BCUT2D eigenvalue weighted by molar-refractivity contribution is -0.231. The van der Waals surface area contributed by atoms with E-state index in [9.17, 15) is 20.4 Å². The van der Waals surface area contributed by atoms with E-state index in [1.165, 1.54) is 5.56 Å². The maximum Gasteiger partial charge on any atom is 0.231 e. The maximum absolute atomic E-state index is 10.5. The Hall–Kier alpha value is -2.16. The zero-order valence-electron chi connectivity index (χ0n) is 16.2. The van der Waals surface area contributed by atoms with Gasteiger partial charge in [-0.2, -0.15) is 0 Å². The monoisotopic (exact) mass is 402 g/mol. The second-order valence-corrected chi connectivity index (χ2v) is 7.51. The molecule has 0 amide bonds. The summed E-state index contributed by atoms with van der Waals surface area (Å²) < 4.78 is 16.9. The van der Waals surface area contributed by atoms with Gasteiger partial charge in [-0.3, -0.25) is 0 Å². The number of aliphatic hydroxyl groups is 4. The van der Waals surface area contributed by atoms with E-state index in [1.54, 1.807) is 6.07 Å². The molecule has 0 saturated carbocycles. The average molecular weight is 402 g/mol. The molecule has 0 aromatic heterocycles. The lowest BCUT2D eigenvalue weighted by Gasteiger charge is -2.40. The third-order valence-corrected chi connectivity index (χ3v) is 5.62. The number of rotatable bonds is 5. The van der Waals surface area contributed by atoms with Crippen molar-refractivity contribution in [3.8, 4) is 11.5 Å². The molecule has 4 N–H and O–H groups in total. The van der Waals surface area contributed by atoms with E-state index in [0.29, 0.717) is 23.5 Å². The van der Waals surface area contributed by atoms with Crippen LogP contribution in [-0.2, 0) is 17.6 Å². The van der Waals surface area contributed by atoms with Crippen LogP contribution in [0.25, 0.3) is 0 Å². The second-order valence-electron chi connectivity index (χ2n) is 7.51. The molecule has 0 aliphatic carbocycles. The van der Waals surface area contributed by atoms with Crippen LogP contribution in [0.3, 0.4) is 0 Å². The van der Waals surface area contributed by atoms with E-state index >= 15 is 0 Å². The van der Waals surface area contributed by atoms with Gasteiger partial charge in [0, 0.05) is 12.0 Å². The first kappa shape index (κ1) is 20.1. The number of benzene rings is 2. The van der Waals surface area contributed by atoms with Crippen LogP contribution in [0.1, 0.15) is 35.3 Å². The highest BCUT2D eigenvalue weighted by molar-refractivity contribution is 5.53. The van der Waals surface area contributed by atoms with Crippen LogP contribution in [0.5, 0.6) is 11.5 Å². The van der Waals surface area contributed by atoms with Gasteiger partial charge in [-0.05, 0) is 35.2 Å². The van der Waals surface area contributed by atoms with Gasteiger partial charge in [0.15, 0.2) is 11.5 Å². The Kier molecular flexibility index (Phi) is 5.76. The van der Waals surface area contributed by atoms with Crippen molar-refractivity contribution in [2.45, 2.75) is 50.3 Å². The number of hydrogen-bond acceptors (Lipinski definition) is 7. The van der Waals surface area contributed by atoms with Gasteiger partial charge in [0.2, 0.25) is 6.79 Å². The molecule has 7 heteroatoms. The van der Waals surface area contributed by atoms with Crippen LogP contribution in [0.15, 0.2) is 36.4 Å². The van der Waals surface area contributed by atoms with Gasteiger partial charge < -0.3 is 34.6 Å². The number of ether oxygens (including phenoxy) is 3. The average Bonchev–Trinajstić information content (AvgIpc) is 3.22. The van der Waals surface area contributed by atoms with E-state index in [0.717, 1.165) is 17.5 Å². The Morgan fingerprint density at radius 3 is 2.34 bits per heavy atom. The van der Waals surface area contributed by atoms with Crippen molar-refractivity contribution in [1.29, 1.82) is 0 Å². The predicted molar refractivity (Wildman–Crippen MR) is 104 cm³/mol. The molecule has 7 nitrogen and oxygen atoms in total. The van der Waals surface area contributed by atoms with E-state index < -0.39 is 37.1 Å². The van der Waals surface area contributed by atoms with Crippen molar-refractivity contribution < 1.29 is 34.6 Å². The summed E-state index contributed by atoms with van der Waals surface area (Å²) in [6.45, 7) is 1.74. The molecule has 2 aliphatic heterocycles. The Balaban J connectivity index is 1.67. The third kappa shape index (κ3) is 3.84. The van der Waals surface area contributed by atoms with Gasteiger partial charge >= 0.3 is 0 Å². The smallest absolute Gasteiger partial charge is 0.231 e. The fraction of sp³-hybridized carbons (Fsp3) is 0.455. The van der Waals surface area contributed by atoms with Crippen LogP contribution in [-0.4, -0.2) is 58.2 Å². The quantitative estimate of drug-likeness (QED) is 0.593. The molecule has 4 rings (SSSR count). The molecule has 0 bridgehead atoms. The summed E-state index contributed by atoms with van der Waals surface area (Å²) in [5.41, 5.74) is 3.82. The van der Waals surface area contributed by atoms with Crippen LogP contribution in [0.2, 0.25) is 0 Å². The first-order valence-corrected chi connectivity index (χ1v) is 9.82. The first-order valence-electron chi connectivity index (χ1n) is 9.82. The lowest BCUT2D eigenvalue weighted by atomic mass is 9.89. The molecule has 5 atom stereocenters. The Morgan fingerprint density at radius 1 is 0.931 bits per heavy atom. The van der Waals surface area contributed by atoms with Crippen molar-refractivity contribution >= 4 is 0 Å². The van der Waals surface area contributed by atoms with Crippen molar-refractivity contribution in [1.82, 2.24) is 0 Å². The molecular weight excluding hydrogens is 376 g/mol. The molecule has 2 heterocycles. The van der Waals surface area contributed by atoms with Crippen molar-refractivity contribution in [3.05, 3.63) is 58.7 Å². The van der Waals surface area contributed by atoms with Gasteiger partial charge in [-0.1, -0.05) is 31.2 Å². The van der Waals surface area contributed by atoms with Gasteiger partial charge in [0.1, 0.15) is 30.5 Å². The molecule has 2 aromatic rings. The van der Waals surface area contributed by atoms with Crippen LogP contribution < -0.4 is 9.47 Å². The van der Waals surface area contributed by atoms with E-state index in [4.69, 9.17) is 14.2 Å². The van der Waals surface area contributed by atoms with Crippen molar-refractivity contribution in [3.63, 3.8) is 0 Å². The minimum absolute atomic E-state index is 0.106. The number of aryl methyl sites for hydroxylation is 1. The minimum atomic E-state index is -1.43. The Bertz CT molecular complexity index is 849. The summed E-state index contributed by atoms with van der Waals surface area (Å²) in [5, 5.41) is 40.1. The molecular formula is C22H26O7. The highest BCUT2D eigenvalue weighted by Gasteiger charge is 2.44. The van der Waals surface area contributed by atoms with Gasteiger partial charge in [0.25, 0.3) is 0 Å². The molecule has 29 heavy (non-hydrogen) atoms. The van der Waals surface area contributed by atoms with Gasteiger partial charge in [-0.15, -0.1) is 0 Å². The van der Waals surface area contributed by atoms with E-state index in [-0.39, 0.29) is 6.79 Å². The SMILES string of the molecule is CCc1ccc(Cc2cc([C@@H]3O[C@H](CO)[C@H](O)[C@H](O)[C@@H]3O)cc3c2OCO3)cc1. The summed E-state index contributed by atoms with van der Waals surface area (Å²) in [7, 11) is 0. The molecule has 156 valence electrons. The van der Waals surface area contributed by atoms with Crippen molar-refractivity contribution in [2.24, 2.45) is 0 Å². The van der Waals surface area contributed by atoms with E-state index in [1.807, 2.05) is 6.07 Å². The topological polar surface area (TPSA) is 109 Å². The number of fused-ring (bicyclic) bond motifs is 1. The molecule has 1 fully saturated rings. The largest absolute Gasteiger partial charge is 0.454 e. The Morgan fingerprint density at radius 2 is 1.66 bits per heavy atom. The summed E-state index contributed by atoms with van der Waals surface area (Å²) in [4.78, 5) is 0. The van der Waals surface area contributed by atoms with Crippen LogP contribution in [0, 0.1) is 0 Å². The van der Waals surface area contributed by atoms with Gasteiger partial charge in [-0.25, -0.2) is 0 Å². The zero-order valence-corrected chi connectivity index (χ0v) is 16.2. The fourth-order valence-electron chi connectivity index (χ4n) is 3.89. The molecule has 1 saturated heterocycles. The van der Waals surface area contributed by atoms with Crippen LogP contribution in [0.4, 0.5) is 0 Å². The minimum Gasteiger partial charge on any atom is -0.454 e. The van der Waals surface area contributed by atoms with Gasteiger partial charge in [0.05, 0.1) is 6.61 Å². The first-order chi connectivity index (χ1) is 14.0. The maximum atomic E-state index is 10.5. The molecule has 0 radical (unpaired) electrons. The summed E-state index contributed by atoms with van der Waals surface area (Å²) >= 11 is 0. The molecule has 2 aliphatic rings. The summed E-state index contributed by atoms with van der Waals surface area (Å²) in [6, 6.07) is 11.9. The number of hydrogen-bond donors (Lipinski definition) is 4. The normalized spacial score (nSPS) is 28.5. The fourth-order valence-corrected chi connectivity index (χ4v) is 3.89. The lowest BCUT2D eigenvalue weighted by Crippen LogP contribution is -2.55. The van der Waals surface area contributed by atoms with E-state index in [2.05, 4.69) is 31.2 Å². The molecule has 0 spiro atoms. The molecule has 0 unspecified atom stereocenters. The molecule has 2 aromatic carbocycles. The standard InChI is InChI=1S/C22H26O7/c1-2-12-3-5-13(6-4-12)7-14-8-15(9-16-21(14)28-11-27-16)22-20(26)19(25)18(24)17(10-23)29-22/h3-6,8-9,17-20,22-26H,2,7,10-11H2,1H3/t17-,18+,19+,20+,22+/m1/s1. The summed E-state index contributed by atoms with van der Waals surface area (Å²) in [6.07, 6.45) is -4.47. The zero-order chi connectivity index (χ0) is 20.5.